The third kappa shape index (κ3) is 2.28. The van der Waals surface area contributed by atoms with E-state index in [0.717, 1.165) is 27.8 Å². The van der Waals surface area contributed by atoms with Crippen LogP contribution in [0.2, 0.25) is 0 Å². The number of nitrogens with zero attached hydrogens (tertiary/aromatic N) is 1. The second kappa shape index (κ2) is 4.78. The number of halogens is 2. The van der Waals surface area contributed by atoms with Crippen LogP contribution in [0.5, 0.6) is 0 Å². The van der Waals surface area contributed by atoms with Crippen LogP contribution in [0.3, 0.4) is 0 Å². The maximum atomic E-state index is 12.9. The highest BCUT2D eigenvalue weighted by atomic mass is 79.9. The summed E-state index contributed by atoms with van der Waals surface area (Å²) < 4.78 is 18.3. The molecular weight excluding hydrogens is 309 g/mol. The molecule has 0 bridgehead atoms. The predicted octanol–water partition coefficient (Wildman–Crippen LogP) is 5.09. The van der Waals surface area contributed by atoms with Gasteiger partial charge in [-0.3, -0.25) is 0 Å². The maximum Gasteiger partial charge on any atom is 0.167 e. The lowest BCUT2D eigenvalue weighted by molar-refractivity contribution is 0.459. The molecule has 0 unspecified atom stereocenters. The van der Waals surface area contributed by atoms with Gasteiger partial charge in [0.15, 0.2) is 5.58 Å². The van der Waals surface area contributed by atoms with Crippen molar-refractivity contribution in [1.29, 1.82) is 0 Å². The normalized spacial score (nSPS) is 12.8. The van der Waals surface area contributed by atoms with E-state index in [1.54, 1.807) is 12.1 Å². The largest absolute Gasteiger partial charge is 0.356 e. The second-order valence-corrected chi connectivity index (χ2v) is 5.78. The van der Waals surface area contributed by atoms with Crippen molar-refractivity contribution in [3.8, 4) is 11.3 Å². The molecular formula is C15H11BrFNO. The van der Waals surface area contributed by atoms with Gasteiger partial charge in [-0.1, -0.05) is 27.2 Å². The van der Waals surface area contributed by atoms with Crippen LogP contribution in [0.1, 0.15) is 17.3 Å². The van der Waals surface area contributed by atoms with E-state index >= 15 is 0 Å². The Morgan fingerprint density at radius 1 is 1.16 bits per heavy atom. The summed E-state index contributed by atoms with van der Waals surface area (Å²) >= 11 is 3.52. The Labute approximate surface area is 118 Å². The molecule has 0 aliphatic heterocycles. The Hall–Kier alpha value is -1.68. The average molecular weight is 320 g/mol. The summed E-state index contributed by atoms with van der Waals surface area (Å²) in [4.78, 5) is 0.260. The standard InChI is InChI=1S/C15H11BrFNO/c1-9(16)11-4-7-13-14(8-11)19-18-15(13)10-2-5-12(17)6-3-10/h2-9H,1H3/t9-/m1/s1. The average Bonchev–Trinajstić information content (AvgIpc) is 2.82. The Morgan fingerprint density at radius 3 is 2.58 bits per heavy atom. The monoisotopic (exact) mass is 319 g/mol. The minimum Gasteiger partial charge on any atom is -0.356 e. The Balaban J connectivity index is 2.13. The molecule has 0 aliphatic rings. The topological polar surface area (TPSA) is 26.0 Å². The molecule has 0 saturated heterocycles. The minimum atomic E-state index is -0.257. The summed E-state index contributed by atoms with van der Waals surface area (Å²) in [5.41, 5.74) is 3.46. The summed E-state index contributed by atoms with van der Waals surface area (Å²) in [6, 6.07) is 12.2. The first-order valence-electron chi connectivity index (χ1n) is 5.94. The van der Waals surface area contributed by atoms with Gasteiger partial charge in [-0.05, 0) is 48.9 Å². The number of hydrogen-bond acceptors (Lipinski definition) is 2. The summed E-state index contributed by atoms with van der Waals surface area (Å²) in [6.45, 7) is 2.05. The zero-order valence-electron chi connectivity index (χ0n) is 10.2. The lowest BCUT2D eigenvalue weighted by atomic mass is 10.1. The fourth-order valence-electron chi connectivity index (χ4n) is 2.02. The number of alkyl halides is 1. The van der Waals surface area contributed by atoms with Crippen LogP contribution >= 0.6 is 15.9 Å². The summed E-state index contributed by atoms with van der Waals surface area (Å²) in [6.07, 6.45) is 0. The summed E-state index contributed by atoms with van der Waals surface area (Å²) in [7, 11) is 0. The smallest absolute Gasteiger partial charge is 0.167 e. The fraction of sp³-hybridized carbons (Fsp3) is 0.133. The van der Waals surface area contributed by atoms with Crippen molar-refractivity contribution in [3.05, 3.63) is 53.8 Å². The van der Waals surface area contributed by atoms with Crippen molar-refractivity contribution in [2.45, 2.75) is 11.8 Å². The van der Waals surface area contributed by atoms with Crippen LogP contribution in [0.4, 0.5) is 4.39 Å². The Bertz CT molecular complexity index is 719. The van der Waals surface area contributed by atoms with Gasteiger partial charge in [-0.15, -0.1) is 0 Å². The van der Waals surface area contributed by atoms with Crippen LogP contribution < -0.4 is 0 Å². The molecule has 2 aromatic carbocycles. The van der Waals surface area contributed by atoms with Crippen LogP contribution in [0, 0.1) is 5.82 Å². The second-order valence-electron chi connectivity index (χ2n) is 4.41. The van der Waals surface area contributed by atoms with Gasteiger partial charge >= 0.3 is 0 Å². The van der Waals surface area contributed by atoms with Gasteiger partial charge in [0, 0.05) is 15.8 Å². The molecule has 1 heterocycles. The number of fused-ring (bicyclic) bond motifs is 1. The van der Waals surface area contributed by atoms with Crippen LogP contribution in [0.25, 0.3) is 22.2 Å². The first-order valence-corrected chi connectivity index (χ1v) is 6.86. The molecule has 4 heteroatoms. The molecule has 0 fully saturated rings. The molecule has 96 valence electrons. The molecule has 1 atom stereocenters. The lowest BCUT2D eigenvalue weighted by Crippen LogP contribution is -1.83. The lowest BCUT2D eigenvalue weighted by Gasteiger charge is -2.02. The molecule has 3 rings (SSSR count). The summed E-state index contributed by atoms with van der Waals surface area (Å²) in [5.74, 6) is -0.257. The van der Waals surface area contributed by atoms with Crippen LogP contribution in [-0.4, -0.2) is 5.16 Å². The fourth-order valence-corrected chi connectivity index (χ4v) is 2.30. The van der Waals surface area contributed by atoms with E-state index in [0.29, 0.717) is 0 Å². The van der Waals surface area contributed by atoms with Crippen molar-refractivity contribution in [1.82, 2.24) is 5.16 Å². The van der Waals surface area contributed by atoms with Crippen LogP contribution in [0.15, 0.2) is 47.0 Å². The van der Waals surface area contributed by atoms with E-state index in [2.05, 4.69) is 28.0 Å². The van der Waals surface area contributed by atoms with E-state index in [1.807, 2.05) is 18.2 Å². The van der Waals surface area contributed by atoms with Gasteiger partial charge in [0.2, 0.25) is 0 Å². The number of hydrogen-bond donors (Lipinski definition) is 0. The molecule has 2 nitrogen and oxygen atoms in total. The number of rotatable bonds is 2. The highest BCUT2D eigenvalue weighted by Gasteiger charge is 2.12. The third-order valence-electron chi connectivity index (χ3n) is 3.07. The van der Waals surface area contributed by atoms with E-state index < -0.39 is 0 Å². The predicted molar refractivity (Wildman–Crippen MR) is 76.7 cm³/mol. The van der Waals surface area contributed by atoms with Gasteiger partial charge in [-0.2, -0.15) is 0 Å². The number of benzene rings is 2. The molecule has 19 heavy (non-hydrogen) atoms. The minimum absolute atomic E-state index is 0.257. The third-order valence-corrected chi connectivity index (χ3v) is 3.60. The summed E-state index contributed by atoms with van der Waals surface area (Å²) in [5, 5.41) is 5.02. The molecule has 0 saturated carbocycles. The highest BCUT2D eigenvalue weighted by molar-refractivity contribution is 9.09. The highest BCUT2D eigenvalue weighted by Crippen LogP contribution is 2.31. The van der Waals surface area contributed by atoms with Crippen molar-refractivity contribution >= 4 is 26.9 Å². The van der Waals surface area contributed by atoms with Crippen molar-refractivity contribution in [2.24, 2.45) is 0 Å². The maximum absolute atomic E-state index is 12.9. The SMILES string of the molecule is C[C@@H](Br)c1ccc2c(-c3ccc(F)cc3)noc2c1. The zero-order valence-corrected chi connectivity index (χ0v) is 11.8. The van der Waals surface area contributed by atoms with E-state index in [4.69, 9.17) is 4.52 Å². The molecule has 1 aromatic heterocycles. The Kier molecular flexibility index (Phi) is 3.11. The molecule has 0 N–H and O–H groups in total. The van der Waals surface area contributed by atoms with Crippen molar-refractivity contribution in [2.75, 3.05) is 0 Å². The van der Waals surface area contributed by atoms with Crippen LogP contribution in [-0.2, 0) is 0 Å². The molecule has 0 radical (unpaired) electrons. The number of aromatic nitrogens is 1. The van der Waals surface area contributed by atoms with Crippen molar-refractivity contribution in [3.63, 3.8) is 0 Å². The van der Waals surface area contributed by atoms with Crippen molar-refractivity contribution < 1.29 is 8.91 Å². The van der Waals surface area contributed by atoms with Gasteiger partial charge < -0.3 is 4.52 Å². The zero-order chi connectivity index (χ0) is 13.4. The van der Waals surface area contributed by atoms with E-state index in [1.165, 1.54) is 12.1 Å². The van der Waals surface area contributed by atoms with Gasteiger partial charge in [-0.25, -0.2) is 4.39 Å². The van der Waals surface area contributed by atoms with Gasteiger partial charge in [0.25, 0.3) is 0 Å². The van der Waals surface area contributed by atoms with Gasteiger partial charge in [0.1, 0.15) is 11.5 Å². The van der Waals surface area contributed by atoms with E-state index in [-0.39, 0.29) is 10.6 Å². The van der Waals surface area contributed by atoms with E-state index in [9.17, 15) is 4.39 Å². The van der Waals surface area contributed by atoms with Gasteiger partial charge in [0.05, 0.1) is 0 Å². The molecule has 0 amide bonds. The molecule has 0 spiro atoms. The molecule has 3 aromatic rings. The Morgan fingerprint density at radius 2 is 1.89 bits per heavy atom. The first kappa shape index (κ1) is 12.4. The molecule has 0 aliphatic carbocycles. The first-order chi connectivity index (χ1) is 9.15. The quantitative estimate of drug-likeness (QED) is 0.615.